The lowest BCUT2D eigenvalue weighted by Crippen LogP contribution is -2.30. The van der Waals surface area contributed by atoms with E-state index >= 15 is 0 Å². The second-order valence-corrected chi connectivity index (χ2v) is 5.74. The van der Waals surface area contributed by atoms with Gasteiger partial charge in [0.1, 0.15) is 0 Å². The van der Waals surface area contributed by atoms with Gasteiger partial charge in [-0.2, -0.15) is 16.7 Å². The Morgan fingerprint density at radius 2 is 2.31 bits per heavy atom. The predicted octanol–water partition coefficient (Wildman–Crippen LogP) is 1.58. The van der Waals surface area contributed by atoms with Gasteiger partial charge in [-0.15, -0.1) is 0 Å². The highest BCUT2D eigenvalue weighted by Gasteiger charge is 2.28. The zero-order valence-corrected chi connectivity index (χ0v) is 10.1. The Labute approximate surface area is 99.6 Å². The smallest absolute Gasteiger partial charge is 0.227 e. The molecule has 1 atom stereocenters. The van der Waals surface area contributed by atoms with Gasteiger partial charge in [0.05, 0.1) is 0 Å². The van der Waals surface area contributed by atoms with Crippen molar-refractivity contribution < 1.29 is 4.52 Å². The van der Waals surface area contributed by atoms with Gasteiger partial charge in [0.2, 0.25) is 5.89 Å². The van der Waals surface area contributed by atoms with Crippen LogP contribution < -0.4 is 5.32 Å². The molecule has 1 aliphatic carbocycles. The first kappa shape index (κ1) is 10.6. The molecule has 0 aromatic carbocycles. The van der Waals surface area contributed by atoms with Gasteiger partial charge in [-0.05, 0) is 25.0 Å². The molecule has 3 rings (SSSR count). The van der Waals surface area contributed by atoms with E-state index < -0.39 is 0 Å². The highest BCUT2D eigenvalue weighted by Crippen LogP contribution is 2.38. The highest BCUT2D eigenvalue weighted by atomic mass is 32.2. The lowest BCUT2D eigenvalue weighted by molar-refractivity contribution is 0.368. The zero-order chi connectivity index (χ0) is 10.8. The average Bonchev–Trinajstić information content (AvgIpc) is 2.83. The van der Waals surface area contributed by atoms with Crippen molar-refractivity contribution in [2.24, 2.45) is 0 Å². The fourth-order valence-electron chi connectivity index (χ4n) is 1.96. The van der Waals surface area contributed by atoms with Crippen LogP contribution in [0.25, 0.3) is 0 Å². The van der Waals surface area contributed by atoms with Crippen LogP contribution in [-0.4, -0.2) is 34.2 Å². The number of hydrogen-bond donors (Lipinski definition) is 1. The van der Waals surface area contributed by atoms with Gasteiger partial charge in [-0.3, -0.25) is 0 Å². The van der Waals surface area contributed by atoms with Crippen molar-refractivity contribution in [1.82, 2.24) is 15.5 Å². The average molecular weight is 239 g/mol. The summed E-state index contributed by atoms with van der Waals surface area (Å²) in [5.41, 5.74) is 0. The summed E-state index contributed by atoms with van der Waals surface area (Å²) in [4.78, 5) is 4.41. The molecule has 0 bridgehead atoms. The maximum Gasteiger partial charge on any atom is 0.227 e. The second-order valence-electron chi connectivity index (χ2n) is 4.59. The van der Waals surface area contributed by atoms with Crippen LogP contribution in [0, 0.1) is 0 Å². The lowest BCUT2D eigenvalue weighted by atomic mass is 10.2. The third-order valence-electron chi connectivity index (χ3n) is 3.13. The van der Waals surface area contributed by atoms with Gasteiger partial charge in [-0.25, -0.2) is 0 Å². The first-order valence-electron chi connectivity index (χ1n) is 6.05. The van der Waals surface area contributed by atoms with E-state index in [2.05, 4.69) is 15.5 Å². The van der Waals surface area contributed by atoms with E-state index in [4.69, 9.17) is 4.52 Å². The summed E-state index contributed by atoms with van der Waals surface area (Å²) in [6.45, 7) is 0.956. The van der Waals surface area contributed by atoms with Crippen molar-refractivity contribution in [2.45, 2.75) is 37.6 Å². The molecule has 1 aliphatic heterocycles. The standard InChI is InChI=1S/C11H17N3OS/c1-2-8(1)11-13-10(15-14-11)3-5-12-9-4-6-16-7-9/h8-9,12H,1-7H2. The largest absolute Gasteiger partial charge is 0.339 e. The van der Waals surface area contributed by atoms with E-state index in [0.717, 1.165) is 24.7 Å². The Hall–Kier alpha value is -0.550. The first-order chi connectivity index (χ1) is 7.92. The number of aromatic nitrogens is 2. The predicted molar refractivity (Wildman–Crippen MR) is 63.7 cm³/mol. The van der Waals surface area contributed by atoms with E-state index in [1.165, 1.54) is 30.8 Å². The molecule has 16 heavy (non-hydrogen) atoms. The van der Waals surface area contributed by atoms with Gasteiger partial charge in [0.15, 0.2) is 5.82 Å². The first-order valence-corrected chi connectivity index (χ1v) is 7.21. The fraction of sp³-hybridized carbons (Fsp3) is 0.818. The minimum absolute atomic E-state index is 0.594. The maximum absolute atomic E-state index is 5.22. The van der Waals surface area contributed by atoms with Crippen molar-refractivity contribution in [1.29, 1.82) is 0 Å². The molecule has 0 radical (unpaired) electrons. The van der Waals surface area contributed by atoms with Gasteiger partial charge in [0.25, 0.3) is 0 Å². The topological polar surface area (TPSA) is 51.0 Å². The molecule has 2 aliphatic rings. The number of nitrogens with zero attached hydrogens (tertiary/aromatic N) is 2. The summed E-state index contributed by atoms with van der Waals surface area (Å²) >= 11 is 2.03. The second kappa shape index (κ2) is 4.75. The molecule has 2 fully saturated rings. The number of rotatable bonds is 5. The van der Waals surface area contributed by atoms with Crippen molar-refractivity contribution >= 4 is 11.8 Å². The minimum Gasteiger partial charge on any atom is -0.339 e. The minimum atomic E-state index is 0.594. The Morgan fingerprint density at radius 3 is 3.06 bits per heavy atom. The summed E-state index contributed by atoms with van der Waals surface area (Å²) in [7, 11) is 0. The van der Waals surface area contributed by atoms with Gasteiger partial charge >= 0.3 is 0 Å². The molecule has 1 aromatic heterocycles. The van der Waals surface area contributed by atoms with E-state index in [9.17, 15) is 0 Å². The molecule has 1 saturated heterocycles. The maximum atomic E-state index is 5.22. The molecule has 1 N–H and O–H groups in total. The molecule has 1 aromatic rings. The molecule has 0 spiro atoms. The number of hydrogen-bond acceptors (Lipinski definition) is 5. The monoisotopic (exact) mass is 239 g/mol. The fourth-order valence-corrected chi connectivity index (χ4v) is 3.14. The molecule has 88 valence electrons. The SMILES string of the molecule is C(Cc1nc(C2CC2)no1)NC1CCSC1. The number of nitrogens with one attached hydrogen (secondary N) is 1. The third kappa shape index (κ3) is 2.58. The molecule has 5 heteroatoms. The van der Waals surface area contributed by atoms with Crippen LogP contribution in [0.15, 0.2) is 4.52 Å². The van der Waals surface area contributed by atoms with Crippen molar-refractivity contribution in [3.8, 4) is 0 Å². The van der Waals surface area contributed by atoms with Crippen LogP contribution >= 0.6 is 11.8 Å². The van der Waals surface area contributed by atoms with E-state index in [0.29, 0.717) is 12.0 Å². The number of thioether (sulfide) groups is 1. The van der Waals surface area contributed by atoms with Crippen LogP contribution in [0.5, 0.6) is 0 Å². The van der Waals surface area contributed by atoms with Crippen LogP contribution in [-0.2, 0) is 6.42 Å². The quantitative estimate of drug-likeness (QED) is 0.845. The Bertz CT molecular complexity index is 345. The van der Waals surface area contributed by atoms with Crippen LogP contribution in [0.3, 0.4) is 0 Å². The molecular weight excluding hydrogens is 222 g/mol. The molecule has 2 heterocycles. The van der Waals surface area contributed by atoms with E-state index in [-0.39, 0.29) is 0 Å². The van der Waals surface area contributed by atoms with Crippen molar-refractivity contribution in [2.75, 3.05) is 18.1 Å². The van der Waals surface area contributed by atoms with Gasteiger partial charge in [-0.1, -0.05) is 5.16 Å². The Balaban J connectivity index is 1.42. The Morgan fingerprint density at radius 1 is 1.38 bits per heavy atom. The molecule has 4 nitrogen and oxygen atoms in total. The van der Waals surface area contributed by atoms with E-state index in [1.807, 2.05) is 11.8 Å². The van der Waals surface area contributed by atoms with Crippen LogP contribution in [0.2, 0.25) is 0 Å². The Kier molecular flexibility index (Phi) is 3.15. The molecule has 1 saturated carbocycles. The van der Waals surface area contributed by atoms with Gasteiger partial charge in [0, 0.05) is 30.7 Å². The van der Waals surface area contributed by atoms with Crippen molar-refractivity contribution in [3.63, 3.8) is 0 Å². The summed E-state index contributed by atoms with van der Waals surface area (Å²) in [6.07, 6.45) is 4.62. The van der Waals surface area contributed by atoms with Crippen molar-refractivity contribution in [3.05, 3.63) is 11.7 Å². The van der Waals surface area contributed by atoms with Gasteiger partial charge < -0.3 is 9.84 Å². The highest BCUT2D eigenvalue weighted by molar-refractivity contribution is 7.99. The van der Waals surface area contributed by atoms with E-state index in [1.54, 1.807) is 0 Å². The summed E-state index contributed by atoms with van der Waals surface area (Å²) in [5, 5.41) is 7.55. The molecule has 0 amide bonds. The third-order valence-corrected chi connectivity index (χ3v) is 4.29. The summed E-state index contributed by atoms with van der Waals surface area (Å²) in [5.74, 6) is 4.85. The summed E-state index contributed by atoms with van der Waals surface area (Å²) < 4.78 is 5.22. The van der Waals surface area contributed by atoms with Crippen LogP contribution in [0.4, 0.5) is 0 Å². The van der Waals surface area contributed by atoms with Crippen LogP contribution in [0.1, 0.15) is 36.9 Å². The molecular formula is C11H17N3OS. The lowest BCUT2D eigenvalue weighted by Gasteiger charge is -2.08. The normalized spacial score (nSPS) is 25.1. The summed E-state index contributed by atoms with van der Waals surface area (Å²) in [6, 6.07) is 0.691. The zero-order valence-electron chi connectivity index (χ0n) is 9.32. The molecule has 1 unspecified atom stereocenters.